The van der Waals surface area contributed by atoms with Crippen LogP contribution in [0, 0.1) is 0 Å². The molecular weight excluding hydrogens is 198 g/mol. The van der Waals surface area contributed by atoms with Crippen molar-refractivity contribution < 1.29 is 60.8 Å². The molecule has 0 heterocycles. The summed E-state index contributed by atoms with van der Waals surface area (Å²) in [5.41, 5.74) is 0. The van der Waals surface area contributed by atoms with E-state index in [1.807, 2.05) is 0 Å². The molecule has 10 heteroatoms. The smallest absolute Gasteiger partial charge is 0.725 e. The van der Waals surface area contributed by atoms with Gasteiger partial charge in [0.1, 0.15) is 0 Å². The Labute approximate surface area is 78.9 Å². The molecule has 2 N–H and O–H groups in total. The molecule has 0 unspecified atom stereocenters. The maximum atomic E-state index is 9.54. The first-order valence-electron chi connectivity index (χ1n) is 1.43. The van der Waals surface area contributed by atoms with Gasteiger partial charge in [0.05, 0.1) is 0 Å². The fourth-order valence-electron chi connectivity index (χ4n) is 0.119. The van der Waals surface area contributed by atoms with Crippen molar-refractivity contribution in [3.63, 3.8) is 0 Å². The van der Waals surface area contributed by atoms with E-state index in [0.717, 1.165) is 0 Å². The quantitative estimate of drug-likeness (QED) is 0.199. The van der Waals surface area contributed by atoms with Gasteiger partial charge >= 0.3 is 37.4 Å². The van der Waals surface area contributed by atoms with Gasteiger partial charge in [0.2, 0.25) is 10.4 Å². The van der Waals surface area contributed by atoms with E-state index in [9.17, 15) is 17.5 Å². The minimum Gasteiger partial charge on any atom is -0.725 e. The number of phosphoric acid groups is 1. The van der Waals surface area contributed by atoms with Crippen molar-refractivity contribution >= 4 is 18.2 Å². The SMILES string of the molecule is O=P(O)(O)OS(=O)(=O)[O-].[Na+]. The molecule has 10 heavy (non-hydrogen) atoms. The molecule has 0 fully saturated rings. The second kappa shape index (κ2) is 4.15. The van der Waals surface area contributed by atoms with Crippen LogP contribution >= 0.6 is 7.82 Å². The number of hydrogen-bond donors (Lipinski definition) is 2. The third kappa shape index (κ3) is 11.8. The Bertz CT molecular complexity index is 220. The molecule has 0 aliphatic carbocycles. The van der Waals surface area contributed by atoms with Gasteiger partial charge in [-0.25, -0.2) is 13.0 Å². The predicted octanol–water partition coefficient (Wildman–Crippen LogP) is -4.44. The summed E-state index contributed by atoms with van der Waals surface area (Å²) >= 11 is 0. The first kappa shape index (κ1) is 13.6. The van der Waals surface area contributed by atoms with E-state index in [1.54, 1.807) is 0 Å². The molecule has 0 spiro atoms. The Kier molecular flexibility index (Phi) is 5.64. The molecule has 0 bridgehead atoms. The maximum absolute atomic E-state index is 9.54. The van der Waals surface area contributed by atoms with Crippen molar-refractivity contribution in [1.29, 1.82) is 0 Å². The van der Waals surface area contributed by atoms with E-state index in [2.05, 4.69) is 3.97 Å². The third-order valence-electron chi connectivity index (χ3n) is 0.188. The second-order valence-electron chi connectivity index (χ2n) is 0.973. The second-order valence-corrected chi connectivity index (χ2v) is 3.37. The van der Waals surface area contributed by atoms with E-state index in [0.29, 0.717) is 0 Å². The molecule has 0 amide bonds. The summed E-state index contributed by atoms with van der Waals surface area (Å²) in [5.74, 6) is 0. The molecule has 0 saturated carbocycles. The molecule has 7 nitrogen and oxygen atoms in total. The fraction of sp³-hybridized carbons (Fsp3) is 0. The average Bonchev–Trinajstić information content (AvgIpc) is 1.14. The van der Waals surface area contributed by atoms with Gasteiger partial charge in [-0.2, -0.15) is 3.97 Å². The predicted molar refractivity (Wildman–Crippen MR) is 22.8 cm³/mol. The number of rotatable bonds is 2. The molecule has 0 aromatic rings. The largest absolute Gasteiger partial charge is 1.00 e. The van der Waals surface area contributed by atoms with Gasteiger partial charge in [-0.3, -0.25) is 0 Å². The van der Waals surface area contributed by atoms with Crippen LogP contribution in [0.1, 0.15) is 0 Å². The summed E-state index contributed by atoms with van der Waals surface area (Å²) < 4.78 is 40.4. The molecule has 0 saturated heterocycles. The van der Waals surface area contributed by atoms with Crippen LogP contribution in [0.2, 0.25) is 0 Å². The summed E-state index contributed by atoms with van der Waals surface area (Å²) in [6.45, 7) is 0. The van der Waals surface area contributed by atoms with Crippen molar-refractivity contribution in [1.82, 2.24) is 0 Å². The summed E-state index contributed by atoms with van der Waals surface area (Å²) in [7, 11) is -10.5. The molecular formula is H2NaO7PS. The molecule has 0 aliphatic heterocycles. The first-order chi connectivity index (χ1) is 3.71. The zero-order valence-corrected chi connectivity index (χ0v) is 8.50. The molecule has 56 valence electrons. The van der Waals surface area contributed by atoms with Crippen molar-refractivity contribution in [2.45, 2.75) is 0 Å². The average molecular weight is 200 g/mol. The van der Waals surface area contributed by atoms with Gasteiger partial charge in [0.15, 0.2) is 0 Å². The molecule has 0 aliphatic rings. The van der Waals surface area contributed by atoms with Crippen LogP contribution in [0.5, 0.6) is 0 Å². The van der Waals surface area contributed by atoms with E-state index in [4.69, 9.17) is 9.79 Å². The Morgan fingerprint density at radius 1 is 1.40 bits per heavy atom. The molecule has 0 rings (SSSR count). The topological polar surface area (TPSA) is 124 Å². The molecule has 0 atom stereocenters. The fourth-order valence-corrected chi connectivity index (χ4v) is 1.07. The zero-order chi connectivity index (χ0) is 7.71. The minimum atomic E-state index is -5.29. The molecule has 0 radical (unpaired) electrons. The van der Waals surface area contributed by atoms with Crippen LogP contribution in [0.4, 0.5) is 0 Å². The van der Waals surface area contributed by atoms with Crippen LogP contribution < -0.4 is 29.6 Å². The summed E-state index contributed by atoms with van der Waals surface area (Å²) in [6, 6.07) is 0. The molecule has 0 aromatic carbocycles. The van der Waals surface area contributed by atoms with Gasteiger partial charge in [-0.1, -0.05) is 0 Å². The summed E-state index contributed by atoms with van der Waals surface area (Å²) in [6.07, 6.45) is 0. The summed E-state index contributed by atoms with van der Waals surface area (Å²) in [4.78, 5) is 15.3. The Hall–Kier alpha value is 1.02. The molecule has 0 aromatic heterocycles. The van der Waals surface area contributed by atoms with Crippen LogP contribution in [-0.4, -0.2) is 22.8 Å². The van der Waals surface area contributed by atoms with E-state index in [1.165, 1.54) is 0 Å². The third-order valence-corrected chi connectivity index (χ3v) is 1.70. The van der Waals surface area contributed by atoms with Crippen LogP contribution in [0.25, 0.3) is 0 Å². The van der Waals surface area contributed by atoms with Gasteiger partial charge in [0.25, 0.3) is 0 Å². The van der Waals surface area contributed by atoms with Crippen LogP contribution in [0.3, 0.4) is 0 Å². The Balaban J connectivity index is 0. The van der Waals surface area contributed by atoms with E-state index < -0.39 is 18.2 Å². The number of hydrogen-bond acceptors (Lipinski definition) is 5. The van der Waals surface area contributed by atoms with Gasteiger partial charge < -0.3 is 14.3 Å². The van der Waals surface area contributed by atoms with Crippen molar-refractivity contribution in [2.24, 2.45) is 0 Å². The zero-order valence-electron chi connectivity index (χ0n) is 4.79. The van der Waals surface area contributed by atoms with E-state index in [-0.39, 0.29) is 29.6 Å². The Morgan fingerprint density at radius 3 is 1.70 bits per heavy atom. The van der Waals surface area contributed by atoms with Crippen LogP contribution in [0.15, 0.2) is 0 Å². The van der Waals surface area contributed by atoms with Gasteiger partial charge in [-0.05, 0) is 0 Å². The minimum absolute atomic E-state index is 0. The van der Waals surface area contributed by atoms with Crippen molar-refractivity contribution in [2.75, 3.05) is 0 Å². The van der Waals surface area contributed by atoms with E-state index >= 15 is 0 Å². The maximum Gasteiger partial charge on any atom is 1.00 e. The van der Waals surface area contributed by atoms with Gasteiger partial charge in [-0.15, -0.1) is 0 Å². The van der Waals surface area contributed by atoms with Crippen molar-refractivity contribution in [3.05, 3.63) is 0 Å². The Morgan fingerprint density at radius 2 is 1.70 bits per heavy atom. The normalized spacial score (nSPS) is 12.3. The standard InChI is InChI=1S/Na.H3O7PS/c;1-8(2,3)7-9(4,5)6/h;(H2,1,2,3)(H,4,5,6)/q+1;/p-1. The van der Waals surface area contributed by atoms with Crippen LogP contribution in [-0.2, 0) is 18.9 Å². The monoisotopic (exact) mass is 200 g/mol. The summed E-state index contributed by atoms with van der Waals surface area (Å²) in [5, 5.41) is 0. The first-order valence-corrected chi connectivity index (χ1v) is 4.30. The van der Waals surface area contributed by atoms with Crippen molar-refractivity contribution in [3.8, 4) is 0 Å². The van der Waals surface area contributed by atoms with Gasteiger partial charge in [0, 0.05) is 0 Å².